The molecule has 0 aromatic rings. The van der Waals surface area contributed by atoms with E-state index in [4.69, 9.17) is 5.11 Å². The van der Waals surface area contributed by atoms with Crippen LogP contribution in [0.1, 0.15) is 84.0 Å². The maximum absolute atomic E-state index is 10.3. The molecule has 0 aliphatic carbocycles. The SMILES string of the molecule is CCC=CCCCCCCCC=CC=CCCCCC(=O)O. The van der Waals surface area contributed by atoms with Crippen LogP contribution in [0.3, 0.4) is 0 Å². The van der Waals surface area contributed by atoms with Gasteiger partial charge in [-0.15, -0.1) is 0 Å². The van der Waals surface area contributed by atoms with Gasteiger partial charge in [0.25, 0.3) is 0 Å². The van der Waals surface area contributed by atoms with E-state index >= 15 is 0 Å². The molecule has 0 aromatic heterocycles. The highest BCUT2D eigenvalue weighted by atomic mass is 16.4. The molecule has 0 aliphatic rings. The molecule has 2 nitrogen and oxygen atoms in total. The first kappa shape index (κ1) is 20.7. The van der Waals surface area contributed by atoms with Crippen molar-refractivity contribution in [2.24, 2.45) is 0 Å². The summed E-state index contributed by atoms with van der Waals surface area (Å²) in [5, 5.41) is 8.51. The van der Waals surface area contributed by atoms with E-state index in [1.807, 2.05) is 0 Å². The molecule has 0 unspecified atom stereocenters. The minimum atomic E-state index is -0.693. The van der Waals surface area contributed by atoms with Gasteiger partial charge >= 0.3 is 5.97 Å². The monoisotopic (exact) mass is 306 g/mol. The average Bonchev–Trinajstić information content (AvgIpc) is 2.50. The Morgan fingerprint density at radius 3 is 1.77 bits per heavy atom. The van der Waals surface area contributed by atoms with Gasteiger partial charge in [-0.3, -0.25) is 4.79 Å². The van der Waals surface area contributed by atoms with Gasteiger partial charge in [-0.25, -0.2) is 0 Å². The van der Waals surface area contributed by atoms with Gasteiger partial charge in [0.15, 0.2) is 0 Å². The predicted octanol–water partition coefficient (Wildman–Crippen LogP) is 6.44. The van der Waals surface area contributed by atoms with Crippen LogP contribution in [-0.2, 0) is 4.79 Å². The minimum Gasteiger partial charge on any atom is -0.481 e. The molecule has 0 bridgehead atoms. The zero-order chi connectivity index (χ0) is 16.3. The van der Waals surface area contributed by atoms with Crippen LogP contribution in [0.5, 0.6) is 0 Å². The van der Waals surface area contributed by atoms with Crippen LogP contribution >= 0.6 is 0 Å². The number of aliphatic carboxylic acids is 1. The largest absolute Gasteiger partial charge is 0.481 e. The molecule has 0 heterocycles. The molecule has 0 fully saturated rings. The van der Waals surface area contributed by atoms with Crippen LogP contribution in [0.25, 0.3) is 0 Å². The first-order chi connectivity index (χ1) is 10.8. The number of carboxylic acids is 1. The summed E-state index contributed by atoms with van der Waals surface area (Å²) in [6, 6.07) is 0. The molecule has 126 valence electrons. The second-order valence-corrected chi connectivity index (χ2v) is 5.72. The summed E-state index contributed by atoms with van der Waals surface area (Å²) < 4.78 is 0. The second-order valence-electron chi connectivity index (χ2n) is 5.72. The van der Waals surface area contributed by atoms with Crippen LogP contribution < -0.4 is 0 Å². The van der Waals surface area contributed by atoms with Crippen molar-refractivity contribution in [3.05, 3.63) is 36.5 Å². The Morgan fingerprint density at radius 1 is 0.727 bits per heavy atom. The van der Waals surface area contributed by atoms with Gasteiger partial charge in [0.1, 0.15) is 0 Å². The highest BCUT2D eigenvalue weighted by Crippen LogP contribution is 2.08. The number of rotatable bonds is 15. The van der Waals surface area contributed by atoms with E-state index in [0.717, 1.165) is 25.7 Å². The zero-order valence-electron chi connectivity index (χ0n) is 14.3. The highest BCUT2D eigenvalue weighted by Gasteiger charge is 1.93. The fourth-order valence-electron chi connectivity index (χ4n) is 2.23. The Morgan fingerprint density at radius 2 is 1.23 bits per heavy atom. The number of allylic oxidation sites excluding steroid dienone is 6. The van der Waals surface area contributed by atoms with Gasteiger partial charge in [0.05, 0.1) is 0 Å². The van der Waals surface area contributed by atoms with Crippen molar-refractivity contribution in [1.82, 2.24) is 0 Å². The van der Waals surface area contributed by atoms with Gasteiger partial charge in [-0.2, -0.15) is 0 Å². The normalized spacial score (nSPS) is 12.0. The van der Waals surface area contributed by atoms with E-state index in [9.17, 15) is 4.79 Å². The Kier molecular flexibility index (Phi) is 16.7. The van der Waals surface area contributed by atoms with Crippen LogP contribution in [0.2, 0.25) is 0 Å². The molecule has 0 saturated heterocycles. The molecule has 2 heteroatoms. The van der Waals surface area contributed by atoms with Crippen molar-refractivity contribution in [1.29, 1.82) is 0 Å². The number of hydrogen-bond donors (Lipinski definition) is 1. The molecule has 0 amide bonds. The van der Waals surface area contributed by atoms with Crippen LogP contribution in [0, 0.1) is 0 Å². The van der Waals surface area contributed by atoms with Crippen molar-refractivity contribution < 1.29 is 9.90 Å². The summed E-state index contributed by atoms with van der Waals surface area (Å²) in [6.07, 6.45) is 26.3. The van der Waals surface area contributed by atoms with E-state index < -0.39 is 5.97 Å². The topological polar surface area (TPSA) is 37.3 Å². The fourth-order valence-corrected chi connectivity index (χ4v) is 2.23. The maximum Gasteiger partial charge on any atom is 0.303 e. The van der Waals surface area contributed by atoms with Crippen LogP contribution in [0.15, 0.2) is 36.5 Å². The third-order valence-corrected chi connectivity index (χ3v) is 3.54. The minimum absolute atomic E-state index is 0.290. The number of hydrogen-bond acceptors (Lipinski definition) is 1. The van der Waals surface area contributed by atoms with E-state index in [-0.39, 0.29) is 0 Å². The second kappa shape index (κ2) is 17.7. The third-order valence-electron chi connectivity index (χ3n) is 3.54. The van der Waals surface area contributed by atoms with Crippen LogP contribution in [-0.4, -0.2) is 11.1 Å². The number of carbonyl (C=O) groups is 1. The number of carboxylic acid groups (broad SMARTS) is 1. The molecule has 0 rings (SSSR count). The van der Waals surface area contributed by atoms with Crippen molar-refractivity contribution in [2.45, 2.75) is 84.0 Å². The lowest BCUT2D eigenvalue weighted by molar-refractivity contribution is -0.137. The van der Waals surface area contributed by atoms with Crippen molar-refractivity contribution in [3.8, 4) is 0 Å². The summed E-state index contributed by atoms with van der Waals surface area (Å²) in [6.45, 7) is 2.18. The van der Waals surface area contributed by atoms with E-state index in [1.165, 1.54) is 44.9 Å². The van der Waals surface area contributed by atoms with E-state index in [0.29, 0.717) is 6.42 Å². The summed E-state index contributed by atoms with van der Waals surface area (Å²) in [7, 11) is 0. The molecule has 1 N–H and O–H groups in total. The smallest absolute Gasteiger partial charge is 0.303 e. The quantitative estimate of drug-likeness (QED) is 0.215. The third kappa shape index (κ3) is 18.7. The Labute approximate surface area is 137 Å². The van der Waals surface area contributed by atoms with Gasteiger partial charge in [0.2, 0.25) is 0 Å². The van der Waals surface area contributed by atoms with Crippen molar-refractivity contribution in [3.63, 3.8) is 0 Å². The van der Waals surface area contributed by atoms with Gasteiger partial charge in [-0.1, -0.05) is 62.6 Å². The van der Waals surface area contributed by atoms with Gasteiger partial charge < -0.3 is 5.11 Å². The molecule has 22 heavy (non-hydrogen) atoms. The van der Waals surface area contributed by atoms with Crippen LogP contribution in [0.4, 0.5) is 0 Å². The Bertz CT molecular complexity index is 327. The first-order valence-corrected chi connectivity index (χ1v) is 8.95. The maximum atomic E-state index is 10.3. The lowest BCUT2D eigenvalue weighted by Crippen LogP contribution is -1.92. The fraction of sp³-hybridized carbons (Fsp3) is 0.650. The molecule has 0 aliphatic heterocycles. The Hall–Kier alpha value is -1.31. The summed E-state index contributed by atoms with van der Waals surface area (Å²) in [4.78, 5) is 10.3. The Balaban J connectivity index is 3.23. The lowest BCUT2D eigenvalue weighted by atomic mass is 10.1. The average molecular weight is 306 g/mol. The molecule has 0 aromatic carbocycles. The summed E-state index contributed by atoms with van der Waals surface area (Å²) >= 11 is 0. The van der Waals surface area contributed by atoms with Gasteiger partial charge in [0, 0.05) is 6.42 Å². The molecule has 0 atom stereocenters. The summed E-state index contributed by atoms with van der Waals surface area (Å²) in [5.41, 5.74) is 0. The molecule has 0 saturated carbocycles. The lowest BCUT2D eigenvalue weighted by Gasteiger charge is -1.98. The molecular formula is C20H34O2. The summed E-state index contributed by atoms with van der Waals surface area (Å²) in [5.74, 6) is -0.693. The molecular weight excluding hydrogens is 272 g/mol. The van der Waals surface area contributed by atoms with Gasteiger partial charge in [-0.05, 0) is 51.4 Å². The number of unbranched alkanes of at least 4 members (excludes halogenated alkanes) is 8. The van der Waals surface area contributed by atoms with E-state index in [1.54, 1.807) is 0 Å². The van der Waals surface area contributed by atoms with Crippen molar-refractivity contribution in [2.75, 3.05) is 0 Å². The van der Waals surface area contributed by atoms with Crippen molar-refractivity contribution >= 4 is 5.97 Å². The first-order valence-electron chi connectivity index (χ1n) is 8.95. The molecule has 0 radical (unpaired) electrons. The standard InChI is InChI=1S/C20H34O2/c1-2-3-4-5-6-7-8-9-10-11-12-13-14-15-16-17-18-19-20(21)22/h3-4,12-15H,2,5-11,16-19H2,1H3,(H,21,22). The highest BCUT2D eigenvalue weighted by molar-refractivity contribution is 5.66. The predicted molar refractivity (Wildman–Crippen MR) is 96.1 cm³/mol. The molecule has 0 spiro atoms. The van der Waals surface area contributed by atoms with E-state index in [2.05, 4.69) is 43.4 Å². The zero-order valence-corrected chi connectivity index (χ0v) is 14.3.